The third kappa shape index (κ3) is 4.59. The van der Waals surface area contributed by atoms with E-state index in [4.69, 9.17) is 4.98 Å². The van der Waals surface area contributed by atoms with Crippen molar-refractivity contribution >= 4 is 11.6 Å². The average molecular weight is 429 g/mol. The summed E-state index contributed by atoms with van der Waals surface area (Å²) in [6.07, 6.45) is 0. The Labute approximate surface area is 186 Å². The van der Waals surface area contributed by atoms with Gasteiger partial charge in [0.05, 0.1) is 16.9 Å². The second-order valence-electron chi connectivity index (χ2n) is 8.70. The number of pyridine rings is 1. The van der Waals surface area contributed by atoms with Crippen LogP contribution < -0.4 is 5.32 Å². The lowest BCUT2D eigenvalue weighted by atomic mass is 10.1. The molecular weight excluding hydrogens is 403 g/mol. The maximum atomic E-state index is 13.2. The number of carbonyl (C=O) groups excluding carboxylic acids is 1. The molecule has 0 atom stereocenters. The summed E-state index contributed by atoms with van der Waals surface area (Å²) in [7, 11) is 0. The minimum atomic E-state index is -0.282. The number of aromatic nitrogens is 3. The standard InChI is InChI=1S/C26H25FN4O/c1-17-15-24(30-31(17)26(2,3)4)25(32)28-21-8-5-7-19(16-21)23-10-6-9-22(29-23)18-11-13-20(27)14-12-18/h5-16H,1-4H3,(H,28,32). The Morgan fingerprint density at radius 1 is 0.906 bits per heavy atom. The van der Waals surface area contributed by atoms with E-state index in [1.54, 1.807) is 18.2 Å². The van der Waals surface area contributed by atoms with Gasteiger partial charge in [-0.1, -0.05) is 18.2 Å². The molecule has 162 valence electrons. The summed E-state index contributed by atoms with van der Waals surface area (Å²) in [5, 5.41) is 7.40. The summed E-state index contributed by atoms with van der Waals surface area (Å²) in [6, 6.07) is 21.3. The number of nitrogens with zero attached hydrogens (tertiary/aromatic N) is 3. The number of aryl methyl sites for hydroxylation is 1. The number of carbonyl (C=O) groups is 1. The molecule has 0 spiro atoms. The van der Waals surface area contributed by atoms with Gasteiger partial charge in [-0.3, -0.25) is 9.48 Å². The lowest BCUT2D eigenvalue weighted by Crippen LogP contribution is -2.25. The number of hydrogen-bond donors (Lipinski definition) is 1. The van der Waals surface area contributed by atoms with Crippen LogP contribution in [0.5, 0.6) is 0 Å². The molecule has 2 aromatic carbocycles. The zero-order valence-corrected chi connectivity index (χ0v) is 18.6. The van der Waals surface area contributed by atoms with Crippen molar-refractivity contribution in [1.29, 1.82) is 0 Å². The van der Waals surface area contributed by atoms with Gasteiger partial charge in [0, 0.05) is 22.5 Å². The first-order chi connectivity index (χ1) is 15.2. The number of halogens is 1. The summed E-state index contributed by atoms with van der Waals surface area (Å²) in [5.74, 6) is -0.544. The molecule has 0 aliphatic carbocycles. The van der Waals surface area contributed by atoms with Crippen molar-refractivity contribution < 1.29 is 9.18 Å². The number of rotatable bonds is 4. The fourth-order valence-electron chi connectivity index (χ4n) is 3.59. The van der Waals surface area contributed by atoms with Crippen molar-refractivity contribution in [3.05, 3.63) is 90.0 Å². The number of hydrogen-bond acceptors (Lipinski definition) is 3. The third-order valence-corrected chi connectivity index (χ3v) is 5.06. The molecule has 2 aromatic heterocycles. The van der Waals surface area contributed by atoms with E-state index < -0.39 is 0 Å². The van der Waals surface area contributed by atoms with Gasteiger partial charge in [0.15, 0.2) is 5.69 Å². The minimum absolute atomic E-state index is 0.205. The van der Waals surface area contributed by atoms with Crippen LogP contribution in [0.4, 0.5) is 10.1 Å². The van der Waals surface area contributed by atoms with Crippen molar-refractivity contribution in [2.75, 3.05) is 5.32 Å². The van der Waals surface area contributed by atoms with Gasteiger partial charge >= 0.3 is 0 Å². The first kappa shape index (κ1) is 21.4. The minimum Gasteiger partial charge on any atom is -0.321 e. The summed E-state index contributed by atoms with van der Waals surface area (Å²) in [6.45, 7) is 8.08. The second kappa shape index (κ2) is 8.38. The van der Waals surface area contributed by atoms with E-state index >= 15 is 0 Å². The molecular formula is C26H25FN4O. The highest BCUT2D eigenvalue weighted by atomic mass is 19.1. The van der Waals surface area contributed by atoms with Crippen molar-refractivity contribution in [1.82, 2.24) is 14.8 Å². The van der Waals surface area contributed by atoms with Crippen LogP contribution in [-0.2, 0) is 5.54 Å². The maximum absolute atomic E-state index is 13.2. The summed E-state index contributed by atoms with van der Waals surface area (Å²) >= 11 is 0. The van der Waals surface area contributed by atoms with Crippen LogP contribution in [0.2, 0.25) is 0 Å². The van der Waals surface area contributed by atoms with Gasteiger partial charge in [-0.25, -0.2) is 9.37 Å². The maximum Gasteiger partial charge on any atom is 0.276 e. The van der Waals surface area contributed by atoms with E-state index in [1.165, 1.54) is 12.1 Å². The molecule has 0 aliphatic rings. The molecule has 0 unspecified atom stereocenters. The molecule has 4 rings (SSSR count). The molecule has 0 fully saturated rings. The smallest absolute Gasteiger partial charge is 0.276 e. The van der Waals surface area contributed by atoms with E-state index in [0.717, 1.165) is 28.2 Å². The lowest BCUT2D eigenvalue weighted by molar-refractivity contribution is 0.102. The van der Waals surface area contributed by atoms with Crippen LogP contribution >= 0.6 is 0 Å². The van der Waals surface area contributed by atoms with Gasteiger partial charge in [0.2, 0.25) is 0 Å². The Morgan fingerprint density at radius 2 is 1.56 bits per heavy atom. The van der Waals surface area contributed by atoms with Gasteiger partial charge < -0.3 is 5.32 Å². The fraction of sp³-hybridized carbons (Fsp3) is 0.192. The van der Waals surface area contributed by atoms with Crippen molar-refractivity contribution in [3.63, 3.8) is 0 Å². The van der Waals surface area contributed by atoms with Crippen LogP contribution in [0.25, 0.3) is 22.5 Å². The van der Waals surface area contributed by atoms with Crippen LogP contribution in [0.1, 0.15) is 37.0 Å². The van der Waals surface area contributed by atoms with Gasteiger partial charge in [-0.05, 0) is 82.3 Å². The number of benzene rings is 2. The molecule has 0 saturated heterocycles. The van der Waals surface area contributed by atoms with Crippen LogP contribution in [-0.4, -0.2) is 20.7 Å². The predicted molar refractivity (Wildman–Crippen MR) is 125 cm³/mol. The molecule has 1 N–H and O–H groups in total. The Balaban J connectivity index is 1.57. The summed E-state index contributed by atoms with van der Waals surface area (Å²) in [4.78, 5) is 17.5. The average Bonchev–Trinajstić information content (AvgIpc) is 3.17. The van der Waals surface area contributed by atoms with Crippen molar-refractivity contribution in [2.45, 2.75) is 33.2 Å². The predicted octanol–water partition coefficient (Wildman–Crippen LogP) is 6.07. The molecule has 0 radical (unpaired) electrons. The van der Waals surface area contributed by atoms with Crippen molar-refractivity contribution in [2.24, 2.45) is 0 Å². The van der Waals surface area contributed by atoms with Gasteiger partial charge in [-0.15, -0.1) is 0 Å². The summed E-state index contributed by atoms with van der Waals surface area (Å²) < 4.78 is 15.1. The quantitative estimate of drug-likeness (QED) is 0.429. The fourth-order valence-corrected chi connectivity index (χ4v) is 3.59. The Morgan fingerprint density at radius 3 is 2.22 bits per heavy atom. The highest BCUT2D eigenvalue weighted by Crippen LogP contribution is 2.25. The number of nitrogens with one attached hydrogen (secondary N) is 1. The largest absolute Gasteiger partial charge is 0.321 e. The summed E-state index contributed by atoms with van der Waals surface area (Å²) in [5.41, 5.74) is 4.97. The highest BCUT2D eigenvalue weighted by Gasteiger charge is 2.20. The normalized spacial score (nSPS) is 11.4. The molecule has 6 heteroatoms. The molecule has 2 heterocycles. The van der Waals surface area contributed by atoms with E-state index in [2.05, 4.69) is 10.4 Å². The number of anilines is 1. The zero-order valence-electron chi connectivity index (χ0n) is 18.6. The first-order valence-corrected chi connectivity index (χ1v) is 10.4. The number of amides is 1. The Bertz CT molecular complexity index is 1270. The molecule has 1 amide bonds. The monoisotopic (exact) mass is 428 g/mol. The van der Waals surface area contributed by atoms with E-state index in [9.17, 15) is 9.18 Å². The van der Waals surface area contributed by atoms with Gasteiger partial charge in [-0.2, -0.15) is 5.10 Å². The van der Waals surface area contributed by atoms with E-state index in [0.29, 0.717) is 11.4 Å². The lowest BCUT2D eigenvalue weighted by Gasteiger charge is -2.21. The van der Waals surface area contributed by atoms with Gasteiger partial charge in [0.1, 0.15) is 5.82 Å². The molecule has 0 saturated carbocycles. The SMILES string of the molecule is Cc1cc(C(=O)Nc2cccc(-c3cccc(-c4ccc(F)cc4)n3)c2)nn1C(C)(C)C. The van der Waals surface area contributed by atoms with Crippen LogP contribution in [0, 0.1) is 12.7 Å². The molecule has 32 heavy (non-hydrogen) atoms. The Kier molecular flexibility index (Phi) is 5.61. The zero-order chi connectivity index (χ0) is 22.9. The second-order valence-corrected chi connectivity index (χ2v) is 8.70. The molecule has 0 aliphatic heterocycles. The molecule has 4 aromatic rings. The topological polar surface area (TPSA) is 59.8 Å². The van der Waals surface area contributed by atoms with E-state index in [1.807, 2.05) is 74.8 Å². The first-order valence-electron chi connectivity index (χ1n) is 10.4. The van der Waals surface area contributed by atoms with Gasteiger partial charge in [0.25, 0.3) is 5.91 Å². The molecule has 0 bridgehead atoms. The highest BCUT2D eigenvalue weighted by molar-refractivity contribution is 6.03. The third-order valence-electron chi connectivity index (χ3n) is 5.06. The van der Waals surface area contributed by atoms with Crippen LogP contribution in [0.3, 0.4) is 0 Å². The van der Waals surface area contributed by atoms with E-state index in [-0.39, 0.29) is 17.3 Å². The van der Waals surface area contributed by atoms with Crippen LogP contribution in [0.15, 0.2) is 72.8 Å². The van der Waals surface area contributed by atoms with Crippen molar-refractivity contribution in [3.8, 4) is 22.5 Å². The Hall–Kier alpha value is -3.80. The molecule has 5 nitrogen and oxygen atoms in total.